The van der Waals surface area contributed by atoms with E-state index in [1.165, 1.54) is 55.9 Å². The Morgan fingerprint density at radius 3 is 2.11 bits per heavy atom. The zero-order chi connectivity index (χ0) is 38.7. The molecule has 276 valence electrons. The summed E-state index contributed by atoms with van der Waals surface area (Å²) in [4.78, 5) is 28.5. The van der Waals surface area contributed by atoms with E-state index in [4.69, 9.17) is 51.1 Å². The van der Waals surface area contributed by atoms with Crippen molar-refractivity contribution in [2.24, 2.45) is 0 Å². The number of pyridine rings is 3. The Balaban J connectivity index is 0.000000212. The number of rotatable bonds is 10. The Labute approximate surface area is 333 Å². The van der Waals surface area contributed by atoms with E-state index >= 15 is 0 Å². The van der Waals surface area contributed by atoms with Gasteiger partial charge in [0.25, 0.3) is 20.0 Å². The number of fused-ring (bicyclic) bond motifs is 1. The number of hydrogen-bond donors (Lipinski definition) is 2. The van der Waals surface area contributed by atoms with Crippen LogP contribution in [-0.4, -0.2) is 56.4 Å². The summed E-state index contributed by atoms with van der Waals surface area (Å²) in [7, 11) is -6.53. The zero-order valence-electron chi connectivity index (χ0n) is 27.7. The molecule has 53 heavy (non-hydrogen) atoms. The van der Waals surface area contributed by atoms with Gasteiger partial charge in [0, 0.05) is 37.3 Å². The molecule has 4 heterocycles. The minimum atomic E-state index is -4.05. The van der Waals surface area contributed by atoms with Crippen LogP contribution in [0.5, 0.6) is 0 Å². The number of sulfonamides is 2. The van der Waals surface area contributed by atoms with Gasteiger partial charge in [0.1, 0.15) is 17.0 Å². The van der Waals surface area contributed by atoms with Crippen molar-refractivity contribution in [2.45, 2.75) is 23.6 Å². The molecule has 0 unspecified atom stereocenters. The highest BCUT2D eigenvalue weighted by Crippen LogP contribution is 2.33. The first-order chi connectivity index (χ1) is 25.0. The summed E-state index contributed by atoms with van der Waals surface area (Å²) >= 11 is 26.9. The second-order valence-corrected chi connectivity index (χ2v) is 17.1. The minimum absolute atomic E-state index is 0.0114. The summed E-state index contributed by atoms with van der Waals surface area (Å²) in [6.45, 7) is 3.39. The molecule has 0 saturated heterocycles. The molecule has 0 bridgehead atoms. The van der Waals surface area contributed by atoms with E-state index in [0.29, 0.717) is 32.3 Å². The number of hydrogen-bond acceptors (Lipinski definition) is 9. The number of methoxy groups -OCH3 is 1. The van der Waals surface area contributed by atoms with E-state index in [1.807, 2.05) is 6.92 Å². The fourth-order valence-electron chi connectivity index (χ4n) is 4.83. The number of aromatic amines is 1. The van der Waals surface area contributed by atoms with Gasteiger partial charge in [-0.1, -0.05) is 46.4 Å². The fourth-order valence-corrected chi connectivity index (χ4v) is 8.59. The van der Waals surface area contributed by atoms with Crippen LogP contribution in [0.4, 0.5) is 11.4 Å². The molecule has 0 aliphatic rings. The molecule has 0 amide bonds. The normalized spacial score (nSPS) is 11.5. The molecule has 0 saturated carbocycles. The quantitative estimate of drug-likeness (QED) is 0.0777. The number of carbonyl (C=O) groups excluding carboxylic acids is 1. The number of halogens is 5. The number of aryl methyl sites for hydroxylation is 2. The number of ketones is 1. The molecule has 2 aromatic carbocycles. The Bertz CT molecular complexity index is 2570. The van der Waals surface area contributed by atoms with Crippen LogP contribution in [0, 0.1) is 13.8 Å². The number of aromatic nitrogens is 4. The van der Waals surface area contributed by atoms with E-state index in [1.54, 1.807) is 43.7 Å². The predicted molar refractivity (Wildman–Crippen MR) is 210 cm³/mol. The third-order valence-corrected chi connectivity index (χ3v) is 12.5. The van der Waals surface area contributed by atoms with Gasteiger partial charge in [0.05, 0.1) is 58.5 Å². The first-order valence-electron chi connectivity index (χ1n) is 15.0. The van der Waals surface area contributed by atoms with Crippen molar-refractivity contribution in [2.75, 3.05) is 22.9 Å². The minimum Gasteiger partial charge on any atom is -0.363 e. The van der Waals surface area contributed by atoms with E-state index < -0.39 is 25.8 Å². The lowest BCUT2D eigenvalue weighted by atomic mass is 10.0. The Kier molecular flexibility index (Phi) is 12.7. The van der Waals surface area contributed by atoms with Gasteiger partial charge in [-0.2, -0.15) is 0 Å². The van der Waals surface area contributed by atoms with Gasteiger partial charge in [-0.25, -0.2) is 26.1 Å². The smallest absolute Gasteiger partial charge is 0.266 e. The molecular formula is C34H27BrCl4N6O6S2. The van der Waals surface area contributed by atoms with Crippen molar-refractivity contribution < 1.29 is 26.4 Å². The van der Waals surface area contributed by atoms with Crippen LogP contribution < -0.4 is 9.03 Å². The van der Waals surface area contributed by atoms with Crippen LogP contribution in [0.2, 0.25) is 20.1 Å². The number of nitrogens with one attached hydrogen (secondary N) is 2. The lowest BCUT2D eigenvalue weighted by Gasteiger charge is -2.24. The summed E-state index contributed by atoms with van der Waals surface area (Å²) in [5.41, 5.74) is 2.87. The molecule has 4 aromatic heterocycles. The highest BCUT2D eigenvalue weighted by molar-refractivity contribution is 9.10. The predicted octanol–water partition coefficient (Wildman–Crippen LogP) is 8.86. The highest BCUT2D eigenvalue weighted by Gasteiger charge is 2.28. The topological polar surface area (TPSA) is 164 Å². The van der Waals surface area contributed by atoms with E-state index in [9.17, 15) is 21.6 Å². The molecule has 0 aliphatic heterocycles. The van der Waals surface area contributed by atoms with Crippen LogP contribution >= 0.6 is 62.3 Å². The van der Waals surface area contributed by atoms with Crippen molar-refractivity contribution in [3.8, 4) is 0 Å². The molecule has 0 atom stereocenters. The fraction of sp³-hybridized carbons (Fsp3) is 0.118. The summed E-state index contributed by atoms with van der Waals surface area (Å²) in [6, 6.07) is 13.1. The Morgan fingerprint density at radius 2 is 1.45 bits per heavy atom. The SMILES string of the molecule is COCN(c1cc(C)cnc1Br)S(=O)(=O)c1ccc(Cl)c(Cl)c1.Cc1cnc(C(=O)c2cncc3[nH]ccc23)c(NS(=O)(=O)c2ccc(Cl)c(Cl)c2)c1. The van der Waals surface area contributed by atoms with Gasteiger partial charge in [-0.15, -0.1) is 0 Å². The molecule has 0 fully saturated rings. The van der Waals surface area contributed by atoms with Crippen LogP contribution in [0.15, 0.2) is 100.0 Å². The summed E-state index contributed by atoms with van der Waals surface area (Å²) in [5, 5.41) is 1.43. The second-order valence-electron chi connectivity index (χ2n) is 11.2. The van der Waals surface area contributed by atoms with Gasteiger partial charge in [0.15, 0.2) is 0 Å². The number of H-pyrrole nitrogens is 1. The van der Waals surface area contributed by atoms with Gasteiger partial charge in [-0.05, 0) is 95.5 Å². The third kappa shape index (κ3) is 9.12. The average molecular weight is 901 g/mol. The molecule has 0 spiro atoms. The largest absolute Gasteiger partial charge is 0.363 e. The third-order valence-electron chi connectivity index (χ3n) is 7.36. The maximum Gasteiger partial charge on any atom is 0.266 e. The van der Waals surface area contributed by atoms with Crippen LogP contribution in [0.1, 0.15) is 27.2 Å². The van der Waals surface area contributed by atoms with Gasteiger partial charge >= 0.3 is 0 Å². The molecule has 12 nitrogen and oxygen atoms in total. The van der Waals surface area contributed by atoms with Crippen molar-refractivity contribution in [1.82, 2.24) is 19.9 Å². The van der Waals surface area contributed by atoms with Crippen molar-refractivity contribution in [3.05, 3.63) is 133 Å². The maximum absolute atomic E-state index is 13.2. The van der Waals surface area contributed by atoms with Crippen molar-refractivity contribution in [3.63, 3.8) is 0 Å². The Hall–Kier alpha value is -3.80. The number of nitrogens with zero attached hydrogens (tertiary/aromatic N) is 4. The molecule has 2 N–H and O–H groups in total. The van der Waals surface area contributed by atoms with Gasteiger partial charge < -0.3 is 9.72 Å². The molecule has 0 aliphatic carbocycles. The summed E-state index contributed by atoms with van der Waals surface area (Å²) < 4.78 is 60.7. The molecule has 19 heteroatoms. The average Bonchev–Trinajstić information content (AvgIpc) is 3.60. The van der Waals surface area contributed by atoms with Crippen LogP contribution in [0.25, 0.3) is 10.9 Å². The van der Waals surface area contributed by atoms with Crippen molar-refractivity contribution >= 4 is 110 Å². The standard InChI is InChI=1S/C20H14Cl2N4O3S.C14H13BrCl2N2O3S/c1-11-6-17(26-30(28,29)12-2-3-15(21)16(22)7-12)19(25-8-11)20(27)14-9-23-10-18-13(14)4-5-24-18;1-9-5-13(14(15)18-7-9)19(8-22-2)23(20,21)10-3-4-11(16)12(17)6-10/h2-10,24,26H,1H3;3-7H,8H2,1-2H3. The molecular weight excluding hydrogens is 874 g/mol. The van der Waals surface area contributed by atoms with Gasteiger partial charge in [-0.3, -0.25) is 19.5 Å². The lowest BCUT2D eigenvalue weighted by molar-refractivity contribution is 0.103. The molecule has 6 aromatic rings. The van der Waals surface area contributed by atoms with Crippen LogP contribution in [0.3, 0.4) is 0 Å². The van der Waals surface area contributed by atoms with Gasteiger partial charge in [0.2, 0.25) is 5.78 Å². The summed E-state index contributed by atoms with van der Waals surface area (Å²) in [5.74, 6) is -0.459. The van der Waals surface area contributed by atoms with E-state index in [0.717, 1.165) is 9.87 Å². The Morgan fingerprint density at radius 1 is 0.830 bits per heavy atom. The number of anilines is 2. The van der Waals surface area contributed by atoms with E-state index in [-0.39, 0.29) is 48.0 Å². The number of ether oxygens (including phenoxy) is 1. The van der Waals surface area contributed by atoms with Crippen LogP contribution in [-0.2, 0) is 24.8 Å². The first-order valence-corrected chi connectivity index (χ1v) is 20.3. The molecule has 6 rings (SSSR count). The van der Waals surface area contributed by atoms with Crippen molar-refractivity contribution in [1.29, 1.82) is 0 Å². The first kappa shape index (κ1) is 40.4. The maximum atomic E-state index is 13.2. The molecule has 0 radical (unpaired) electrons. The second kappa shape index (κ2) is 16.7. The highest BCUT2D eigenvalue weighted by atomic mass is 79.9. The monoisotopic (exact) mass is 898 g/mol. The lowest BCUT2D eigenvalue weighted by Crippen LogP contribution is -2.33. The number of benzene rings is 2. The number of carbonyl (C=O) groups is 1. The summed E-state index contributed by atoms with van der Waals surface area (Å²) in [6.07, 6.45) is 7.85. The van der Waals surface area contributed by atoms with E-state index in [2.05, 4.69) is 40.6 Å². The zero-order valence-corrected chi connectivity index (χ0v) is 34.0.